The quantitative estimate of drug-likeness (QED) is 0.417. The van der Waals surface area contributed by atoms with Crippen molar-refractivity contribution in [1.29, 1.82) is 0 Å². The molecule has 0 aromatic heterocycles. The van der Waals surface area contributed by atoms with Gasteiger partial charge in [-0.2, -0.15) is 0 Å². The summed E-state index contributed by atoms with van der Waals surface area (Å²) in [6.07, 6.45) is 0. The minimum atomic E-state index is -1.01. The fraction of sp³-hybridized carbons (Fsp3) is 0.333. The van der Waals surface area contributed by atoms with E-state index in [-0.39, 0.29) is 23.4 Å². The largest absolute Gasteiger partial charge is 0.507 e. The van der Waals surface area contributed by atoms with Crippen molar-refractivity contribution >= 4 is 17.4 Å². The summed E-state index contributed by atoms with van der Waals surface area (Å²) >= 11 is 0. The molecule has 2 aromatic carbocycles. The van der Waals surface area contributed by atoms with Crippen LogP contribution in [0.4, 0.5) is 4.39 Å². The maximum Gasteiger partial charge on any atom is 0.295 e. The van der Waals surface area contributed by atoms with Gasteiger partial charge in [0.2, 0.25) is 0 Å². The maximum absolute atomic E-state index is 14.7. The molecular formula is C24H27FN2O4. The second-order valence-corrected chi connectivity index (χ2v) is 7.73. The SMILES string of the molecule is CCOc1ccc(C(O)=C2C(=O)C(=O)N(CCN(C)C)[C@H]2c2ccccc2F)cc1C. The van der Waals surface area contributed by atoms with Crippen LogP contribution in [0.25, 0.3) is 5.76 Å². The third kappa shape index (κ3) is 4.46. The van der Waals surface area contributed by atoms with Crippen LogP contribution in [-0.4, -0.2) is 60.4 Å². The fourth-order valence-electron chi connectivity index (χ4n) is 3.71. The number of amides is 1. The zero-order valence-corrected chi connectivity index (χ0v) is 18.2. The molecule has 1 N–H and O–H groups in total. The van der Waals surface area contributed by atoms with Gasteiger partial charge in [0, 0.05) is 24.2 Å². The van der Waals surface area contributed by atoms with E-state index >= 15 is 0 Å². The van der Waals surface area contributed by atoms with Gasteiger partial charge < -0.3 is 19.6 Å². The summed E-state index contributed by atoms with van der Waals surface area (Å²) in [6.45, 7) is 4.90. The van der Waals surface area contributed by atoms with Crippen molar-refractivity contribution in [2.24, 2.45) is 0 Å². The summed E-state index contributed by atoms with van der Waals surface area (Å²) in [4.78, 5) is 29.0. The number of aliphatic hydroxyl groups excluding tert-OH is 1. The summed E-state index contributed by atoms with van der Waals surface area (Å²) in [5.74, 6) is -1.78. The molecule has 3 rings (SSSR count). The molecule has 0 radical (unpaired) electrons. The molecule has 0 aliphatic carbocycles. The van der Waals surface area contributed by atoms with Gasteiger partial charge >= 0.3 is 0 Å². The number of ketones is 1. The Hall–Kier alpha value is -3.19. The van der Waals surface area contributed by atoms with Gasteiger partial charge in [-0.25, -0.2) is 4.39 Å². The van der Waals surface area contributed by atoms with Crippen molar-refractivity contribution in [1.82, 2.24) is 9.80 Å². The van der Waals surface area contributed by atoms with Crippen molar-refractivity contribution in [3.05, 3.63) is 70.5 Å². The standard InChI is InChI=1S/C24H27FN2O4/c1-5-31-19-11-10-16(14-15(19)2)22(28)20-21(17-8-6-7-9-18(17)25)27(13-12-26(3)4)24(30)23(20)29/h6-11,14,21,28H,5,12-13H2,1-4H3/t21-/m0/s1. The van der Waals surface area contributed by atoms with Gasteiger partial charge in [-0.05, 0) is 57.8 Å². The topological polar surface area (TPSA) is 70.1 Å². The fourth-order valence-corrected chi connectivity index (χ4v) is 3.71. The molecule has 1 aliphatic heterocycles. The predicted octanol–water partition coefficient (Wildman–Crippen LogP) is 3.52. The molecule has 1 amide bonds. The lowest BCUT2D eigenvalue weighted by molar-refractivity contribution is -0.140. The number of carbonyl (C=O) groups is 2. The van der Waals surface area contributed by atoms with Gasteiger partial charge in [-0.1, -0.05) is 18.2 Å². The third-order valence-corrected chi connectivity index (χ3v) is 5.28. The lowest BCUT2D eigenvalue weighted by Gasteiger charge is -2.26. The summed E-state index contributed by atoms with van der Waals surface area (Å²) < 4.78 is 20.3. The lowest BCUT2D eigenvalue weighted by atomic mass is 9.94. The van der Waals surface area contributed by atoms with Crippen LogP contribution in [0.15, 0.2) is 48.0 Å². The monoisotopic (exact) mass is 426 g/mol. The van der Waals surface area contributed by atoms with Crippen LogP contribution >= 0.6 is 0 Å². The van der Waals surface area contributed by atoms with Crippen LogP contribution in [0, 0.1) is 12.7 Å². The molecule has 164 valence electrons. The van der Waals surface area contributed by atoms with Crippen molar-refractivity contribution in [2.45, 2.75) is 19.9 Å². The first-order chi connectivity index (χ1) is 14.8. The van der Waals surface area contributed by atoms with Crippen LogP contribution in [0.2, 0.25) is 0 Å². The molecular weight excluding hydrogens is 399 g/mol. The average molecular weight is 426 g/mol. The highest BCUT2D eigenvalue weighted by atomic mass is 19.1. The average Bonchev–Trinajstić information content (AvgIpc) is 2.98. The summed E-state index contributed by atoms with van der Waals surface area (Å²) in [5, 5.41) is 11.1. The number of benzene rings is 2. The van der Waals surface area contributed by atoms with Crippen LogP contribution in [0.1, 0.15) is 29.7 Å². The zero-order valence-electron chi connectivity index (χ0n) is 18.2. The first kappa shape index (κ1) is 22.5. The molecule has 1 aliphatic rings. The van der Waals surface area contributed by atoms with Crippen molar-refractivity contribution in [3.63, 3.8) is 0 Å². The van der Waals surface area contributed by atoms with Crippen LogP contribution < -0.4 is 4.74 Å². The Morgan fingerprint density at radius 1 is 1.19 bits per heavy atom. The van der Waals surface area contributed by atoms with E-state index in [9.17, 15) is 19.1 Å². The van der Waals surface area contributed by atoms with Crippen molar-refractivity contribution in [3.8, 4) is 5.75 Å². The highest BCUT2D eigenvalue weighted by molar-refractivity contribution is 6.46. The van der Waals surface area contributed by atoms with Crippen LogP contribution in [-0.2, 0) is 9.59 Å². The smallest absolute Gasteiger partial charge is 0.295 e. The second-order valence-electron chi connectivity index (χ2n) is 7.73. The molecule has 7 heteroatoms. The molecule has 2 aromatic rings. The Morgan fingerprint density at radius 2 is 1.90 bits per heavy atom. The number of likely N-dealkylation sites (tertiary alicyclic amines) is 1. The first-order valence-electron chi connectivity index (χ1n) is 10.2. The number of hydrogen-bond acceptors (Lipinski definition) is 5. The van der Waals surface area contributed by atoms with Gasteiger partial charge in [0.15, 0.2) is 0 Å². The van der Waals surface area contributed by atoms with E-state index in [1.807, 2.05) is 32.8 Å². The molecule has 0 bridgehead atoms. The molecule has 1 heterocycles. The normalized spacial score (nSPS) is 18.1. The minimum Gasteiger partial charge on any atom is -0.507 e. The van der Waals surface area contributed by atoms with E-state index in [2.05, 4.69) is 0 Å². The number of ether oxygens (including phenoxy) is 1. The minimum absolute atomic E-state index is 0.114. The molecule has 1 fully saturated rings. The Bertz CT molecular complexity index is 1030. The van der Waals surface area contributed by atoms with E-state index in [0.717, 1.165) is 5.56 Å². The molecule has 0 spiro atoms. The Morgan fingerprint density at radius 3 is 2.52 bits per heavy atom. The number of halogens is 1. The number of aliphatic hydroxyl groups is 1. The number of aryl methyl sites for hydroxylation is 1. The van der Waals surface area contributed by atoms with E-state index in [1.165, 1.54) is 17.0 Å². The number of rotatable bonds is 7. The summed E-state index contributed by atoms with van der Waals surface area (Å²) in [7, 11) is 3.69. The molecule has 1 atom stereocenters. The van der Waals surface area contributed by atoms with E-state index < -0.39 is 23.5 Å². The molecule has 0 unspecified atom stereocenters. The number of carbonyl (C=O) groups excluding carboxylic acids is 2. The third-order valence-electron chi connectivity index (χ3n) is 5.28. The maximum atomic E-state index is 14.7. The number of Topliss-reactive ketones (excluding diaryl/α,β-unsaturated/α-hetero) is 1. The first-order valence-corrected chi connectivity index (χ1v) is 10.2. The van der Waals surface area contributed by atoms with Crippen LogP contribution in [0.5, 0.6) is 5.75 Å². The van der Waals surface area contributed by atoms with E-state index in [1.54, 1.807) is 30.3 Å². The lowest BCUT2D eigenvalue weighted by Crippen LogP contribution is -2.35. The molecule has 31 heavy (non-hydrogen) atoms. The number of likely N-dealkylation sites (N-methyl/N-ethyl adjacent to an activating group) is 1. The van der Waals surface area contributed by atoms with Crippen LogP contribution in [0.3, 0.4) is 0 Å². The summed E-state index contributed by atoms with van der Waals surface area (Å²) in [5.41, 5.74) is 1.20. The Balaban J connectivity index is 2.15. The van der Waals surface area contributed by atoms with Gasteiger partial charge in [0.25, 0.3) is 11.7 Å². The van der Waals surface area contributed by atoms with Gasteiger partial charge in [-0.15, -0.1) is 0 Å². The van der Waals surface area contributed by atoms with Gasteiger partial charge in [0.05, 0.1) is 18.2 Å². The Labute approximate surface area is 181 Å². The summed E-state index contributed by atoms with van der Waals surface area (Å²) in [6, 6.07) is 10.0. The molecule has 6 nitrogen and oxygen atoms in total. The van der Waals surface area contributed by atoms with E-state index in [0.29, 0.717) is 24.5 Å². The van der Waals surface area contributed by atoms with Crippen molar-refractivity contribution < 1.29 is 23.8 Å². The number of nitrogens with zero attached hydrogens (tertiary/aromatic N) is 2. The Kier molecular flexibility index (Phi) is 6.75. The second kappa shape index (κ2) is 9.31. The van der Waals surface area contributed by atoms with Gasteiger partial charge in [0.1, 0.15) is 17.3 Å². The predicted molar refractivity (Wildman–Crippen MR) is 116 cm³/mol. The highest BCUT2D eigenvalue weighted by Crippen LogP contribution is 2.40. The zero-order chi connectivity index (χ0) is 22.7. The van der Waals surface area contributed by atoms with Gasteiger partial charge in [-0.3, -0.25) is 9.59 Å². The molecule has 0 saturated carbocycles. The molecule has 1 saturated heterocycles. The highest BCUT2D eigenvalue weighted by Gasteiger charge is 2.46. The van der Waals surface area contributed by atoms with Crippen molar-refractivity contribution in [2.75, 3.05) is 33.8 Å². The number of hydrogen-bond donors (Lipinski definition) is 1. The van der Waals surface area contributed by atoms with E-state index in [4.69, 9.17) is 4.74 Å².